The van der Waals surface area contributed by atoms with E-state index in [1.807, 2.05) is 0 Å². The van der Waals surface area contributed by atoms with Crippen molar-refractivity contribution in [3.8, 4) is 11.5 Å². The average Bonchev–Trinajstić information content (AvgIpc) is 2.60. The van der Waals surface area contributed by atoms with Gasteiger partial charge in [0.05, 0.1) is 6.04 Å². The number of hydrogen-bond acceptors (Lipinski definition) is 1. The average molecular weight is 344 g/mol. The lowest BCUT2D eigenvalue weighted by molar-refractivity contribution is 0.219. The Morgan fingerprint density at radius 2 is 1.50 bits per heavy atom. The van der Waals surface area contributed by atoms with E-state index in [9.17, 15) is 0 Å². The van der Waals surface area contributed by atoms with Crippen molar-refractivity contribution in [2.45, 2.75) is 78.4 Å². The second-order valence-electron chi connectivity index (χ2n) is 7.31. The van der Waals surface area contributed by atoms with E-state index in [1.165, 1.54) is 56.8 Å². The third kappa shape index (κ3) is 7.24. The maximum absolute atomic E-state index is 3.74. The molecule has 0 aliphatic heterocycles. The van der Waals surface area contributed by atoms with Crippen molar-refractivity contribution in [2.75, 3.05) is 13.1 Å². The van der Waals surface area contributed by atoms with Crippen LogP contribution in [0.1, 0.15) is 59.3 Å². The van der Waals surface area contributed by atoms with Gasteiger partial charge >= 0.3 is 0 Å². The number of benzene rings is 1. The molecule has 0 heterocycles. The SMILES string of the molecule is CCCCN(CCCC)C(C#C[Si](C)(C)c1ccccc1)CCC. The zero-order chi connectivity index (χ0) is 17.8. The molecule has 134 valence electrons. The van der Waals surface area contributed by atoms with E-state index in [0.29, 0.717) is 6.04 Å². The monoisotopic (exact) mass is 343 g/mol. The van der Waals surface area contributed by atoms with Gasteiger partial charge in [0.2, 0.25) is 0 Å². The lowest BCUT2D eigenvalue weighted by Crippen LogP contribution is -2.41. The van der Waals surface area contributed by atoms with Crippen LogP contribution >= 0.6 is 0 Å². The fraction of sp³-hybridized carbons (Fsp3) is 0.636. The van der Waals surface area contributed by atoms with E-state index >= 15 is 0 Å². The smallest absolute Gasteiger partial charge is 0.162 e. The minimum atomic E-state index is -1.67. The highest BCUT2D eigenvalue weighted by Crippen LogP contribution is 2.11. The first kappa shape index (κ1) is 21.0. The number of rotatable bonds is 10. The molecule has 0 aliphatic carbocycles. The largest absolute Gasteiger partial charge is 0.290 e. The Morgan fingerprint density at radius 1 is 0.917 bits per heavy atom. The van der Waals surface area contributed by atoms with E-state index in [-0.39, 0.29) is 0 Å². The molecule has 0 N–H and O–H groups in total. The Kier molecular flexibility index (Phi) is 10.1. The summed E-state index contributed by atoms with van der Waals surface area (Å²) in [6.45, 7) is 14.0. The van der Waals surface area contributed by atoms with Crippen molar-refractivity contribution in [3.05, 3.63) is 30.3 Å². The normalized spacial score (nSPS) is 12.8. The molecule has 0 spiro atoms. The van der Waals surface area contributed by atoms with Gasteiger partial charge in [-0.2, -0.15) is 0 Å². The van der Waals surface area contributed by atoms with Gasteiger partial charge in [0.15, 0.2) is 8.07 Å². The van der Waals surface area contributed by atoms with Crippen molar-refractivity contribution in [3.63, 3.8) is 0 Å². The molecule has 0 bridgehead atoms. The van der Waals surface area contributed by atoms with Crippen molar-refractivity contribution in [2.24, 2.45) is 0 Å². The highest BCUT2D eigenvalue weighted by Gasteiger charge is 2.22. The van der Waals surface area contributed by atoms with Crippen LogP contribution in [0.2, 0.25) is 13.1 Å². The predicted molar refractivity (Wildman–Crippen MR) is 111 cm³/mol. The maximum atomic E-state index is 3.74. The fourth-order valence-corrected chi connectivity index (χ4v) is 4.65. The number of unbranched alkanes of at least 4 members (excludes halogenated alkanes) is 2. The van der Waals surface area contributed by atoms with Gasteiger partial charge in [-0.25, -0.2) is 0 Å². The topological polar surface area (TPSA) is 3.24 Å². The summed E-state index contributed by atoms with van der Waals surface area (Å²) in [5, 5.41) is 1.45. The maximum Gasteiger partial charge on any atom is 0.162 e. The van der Waals surface area contributed by atoms with Crippen LogP contribution in [0.15, 0.2) is 30.3 Å². The van der Waals surface area contributed by atoms with Crippen LogP contribution in [0.3, 0.4) is 0 Å². The van der Waals surface area contributed by atoms with Crippen molar-refractivity contribution >= 4 is 13.3 Å². The summed E-state index contributed by atoms with van der Waals surface area (Å²) >= 11 is 0. The van der Waals surface area contributed by atoms with Crippen LogP contribution < -0.4 is 5.19 Å². The van der Waals surface area contributed by atoms with Gasteiger partial charge in [-0.05, 0) is 37.5 Å². The van der Waals surface area contributed by atoms with Crippen LogP contribution in [0.5, 0.6) is 0 Å². The van der Waals surface area contributed by atoms with Gasteiger partial charge in [-0.1, -0.05) is 89.4 Å². The number of hydrogen-bond donors (Lipinski definition) is 0. The second kappa shape index (κ2) is 11.5. The molecule has 1 unspecified atom stereocenters. The Hall–Kier alpha value is -1.04. The molecule has 0 radical (unpaired) electrons. The Balaban J connectivity index is 2.93. The van der Waals surface area contributed by atoms with Crippen LogP contribution in [0.25, 0.3) is 0 Å². The molecule has 24 heavy (non-hydrogen) atoms. The third-order valence-corrected chi connectivity index (χ3v) is 7.19. The van der Waals surface area contributed by atoms with Gasteiger partial charge in [0, 0.05) is 0 Å². The second-order valence-corrected chi connectivity index (χ2v) is 11.4. The van der Waals surface area contributed by atoms with E-state index in [0.717, 1.165) is 0 Å². The molecule has 0 amide bonds. The molecule has 1 aromatic carbocycles. The van der Waals surface area contributed by atoms with Gasteiger partial charge < -0.3 is 0 Å². The molecule has 1 atom stereocenters. The minimum absolute atomic E-state index is 0.434. The zero-order valence-corrected chi connectivity index (χ0v) is 17.6. The first-order valence-corrected chi connectivity index (χ1v) is 12.9. The van der Waals surface area contributed by atoms with Crippen LogP contribution in [-0.4, -0.2) is 32.1 Å². The summed E-state index contributed by atoms with van der Waals surface area (Å²) in [6.07, 6.45) is 7.50. The summed E-state index contributed by atoms with van der Waals surface area (Å²) in [4.78, 5) is 2.65. The van der Waals surface area contributed by atoms with Crippen LogP contribution in [0.4, 0.5) is 0 Å². The molecular weight excluding hydrogens is 306 g/mol. The quantitative estimate of drug-likeness (QED) is 0.416. The summed E-state index contributed by atoms with van der Waals surface area (Å²) in [6, 6.07) is 11.3. The first-order valence-electron chi connectivity index (χ1n) is 9.87. The highest BCUT2D eigenvalue weighted by atomic mass is 28.3. The fourth-order valence-electron chi connectivity index (χ4n) is 2.96. The third-order valence-electron chi connectivity index (χ3n) is 4.65. The lowest BCUT2D eigenvalue weighted by Gasteiger charge is -2.28. The molecule has 0 saturated carbocycles. The van der Waals surface area contributed by atoms with Crippen molar-refractivity contribution < 1.29 is 0 Å². The molecule has 1 aromatic rings. The molecular formula is C22H37NSi. The Morgan fingerprint density at radius 3 is 2.00 bits per heavy atom. The van der Waals surface area contributed by atoms with E-state index in [1.54, 1.807) is 0 Å². The summed E-state index contributed by atoms with van der Waals surface area (Å²) in [5.74, 6) is 3.71. The summed E-state index contributed by atoms with van der Waals surface area (Å²) in [5.41, 5.74) is 3.74. The zero-order valence-electron chi connectivity index (χ0n) is 16.6. The lowest BCUT2D eigenvalue weighted by atomic mass is 10.1. The predicted octanol–water partition coefficient (Wildman–Crippen LogP) is 5.22. The van der Waals surface area contributed by atoms with Gasteiger partial charge in [-0.3, -0.25) is 4.90 Å². The molecule has 0 aromatic heterocycles. The highest BCUT2D eigenvalue weighted by molar-refractivity contribution is 6.96. The van der Waals surface area contributed by atoms with Gasteiger partial charge in [0.25, 0.3) is 0 Å². The molecule has 2 heteroatoms. The Bertz CT molecular complexity index is 490. The van der Waals surface area contributed by atoms with Crippen LogP contribution in [-0.2, 0) is 0 Å². The summed E-state index contributed by atoms with van der Waals surface area (Å²) in [7, 11) is -1.67. The van der Waals surface area contributed by atoms with Crippen molar-refractivity contribution in [1.29, 1.82) is 0 Å². The van der Waals surface area contributed by atoms with Gasteiger partial charge in [-0.15, -0.1) is 5.54 Å². The molecule has 0 aliphatic rings. The van der Waals surface area contributed by atoms with Crippen LogP contribution in [0, 0.1) is 11.5 Å². The minimum Gasteiger partial charge on any atom is -0.290 e. The molecule has 1 rings (SSSR count). The number of nitrogens with zero attached hydrogens (tertiary/aromatic N) is 1. The molecule has 0 fully saturated rings. The van der Waals surface area contributed by atoms with Gasteiger partial charge in [0.1, 0.15) is 0 Å². The van der Waals surface area contributed by atoms with E-state index in [4.69, 9.17) is 0 Å². The molecule has 0 saturated heterocycles. The Labute approximate surface area is 151 Å². The first-order chi connectivity index (χ1) is 11.5. The van der Waals surface area contributed by atoms with E-state index < -0.39 is 8.07 Å². The summed E-state index contributed by atoms with van der Waals surface area (Å²) < 4.78 is 0. The van der Waals surface area contributed by atoms with Crippen molar-refractivity contribution in [1.82, 2.24) is 4.90 Å². The van der Waals surface area contributed by atoms with E-state index in [2.05, 4.69) is 80.6 Å². The standard InChI is InChI=1S/C22H37NSi/c1-6-9-18-23(19-10-7-2)21(14-8-3)17-20-24(4,5)22-15-12-11-13-16-22/h11-13,15-16,21H,6-10,14,18-19H2,1-5H3. The molecule has 1 nitrogen and oxygen atoms in total.